The molecule has 1 saturated heterocycles. The van der Waals surface area contributed by atoms with Crippen LogP contribution in [0.4, 0.5) is 10.1 Å². The second-order valence-electron chi connectivity index (χ2n) is 5.23. The highest BCUT2D eigenvalue weighted by Gasteiger charge is 2.32. The normalized spacial score (nSPS) is 24.1. The zero-order valence-electron chi connectivity index (χ0n) is 10.6. The van der Waals surface area contributed by atoms with Gasteiger partial charge in [-0.3, -0.25) is 4.21 Å². The number of halogens is 1. The lowest BCUT2D eigenvalue weighted by molar-refractivity contribution is -0.00498. The lowest BCUT2D eigenvalue weighted by Crippen LogP contribution is -2.23. The third-order valence-electron chi connectivity index (χ3n) is 3.13. The Morgan fingerprint density at radius 1 is 1.56 bits per heavy atom. The van der Waals surface area contributed by atoms with Gasteiger partial charge < -0.3 is 10.5 Å². The van der Waals surface area contributed by atoms with Crippen molar-refractivity contribution in [2.75, 3.05) is 11.5 Å². The SMILES string of the molecule is CC1(C)CCC(CS(=O)c2ccc(N)c(F)c2)O1. The van der Waals surface area contributed by atoms with E-state index in [1.54, 1.807) is 6.07 Å². The molecule has 0 bridgehead atoms. The van der Waals surface area contributed by atoms with E-state index in [1.807, 2.05) is 13.8 Å². The molecule has 18 heavy (non-hydrogen) atoms. The van der Waals surface area contributed by atoms with Gasteiger partial charge in [-0.05, 0) is 44.9 Å². The van der Waals surface area contributed by atoms with Gasteiger partial charge in [0.2, 0.25) is 0 Å². The highest BCUT2D eigenvalue weighted by Crippen LogP contribution is 2.30. The van der Waals surface area contributed by atoms with Gasteiger partial charge in [-0.1, -0.05) is 0 Å². The molecule has 5 heteroatoms. The van der Waals surface area contributed by atoms with E-state index in [0.29, 0.717) is 10.6 Å². The quantitative estimate of drug-likeness (QED) is 0.859. The highest BCUT2D eigenvalue weighted by molar-refractivity contribution is 7.85. The van der Waals surface area contributed by atoms with Gasteiger partial charge in [0.25, 0.3) is 0 Å². The maximum atomic E-state index is 13.3. The molecule has 1 heterocycles. The fraction of sp³-hybridized carbons (Fsp3) is 0.538. The number of anilines is 1. The van der Waals surface area contributed by atoms with Crippen molar-refractivity contribution in [2.24, 2.45) is 0 Å². The summed E-state index contributed by atoms with van der Waals surface area (Å²) in [4.78, 5) is 0.468. The predicted molar refractivity (Wildman–Crippen MR) is 70.3 cm³/mol. The molecular formula is C13H18FNO2S. The fourth-order valence-electron chi connectivity index (χ4n) is 2.11. The van der Waals surface area contributed by atoms with E-state index in [0.717, 1.165) is 12.8 Å². The Morgan fingerprint density at radius 2 is 2.28 bits per heavy atom. The predicted octanol–water partition coefficient (Wildman–Crippen LogP) is 2.47. The molecule has 1 aromatic carbocycles. The van der Waals surface area contributed by atoms with Gasteiger partial charge in [0.15, 0.2) is 0 Å². The minimum atomic E-state index is -1.25. The van der Waals surface area contributed by atoms with Crippen molar-refractivity contribution in [3.8, 4) is 0 Å². The molecule has 0 spiro atoms. The molecular weight excluding hydrogens is 253 g/mol. The summed E-state index contributed by atoms with van der Waals surface area (Å²) < 4.78 is 31.2. The van der Waals surface area contributed by atoms with Crippen molar-refractivity contribution in [3.05, 3.63) is 24.0 Å². The Kier molecular flexibility index (Phi) is 3.73. The summed E-state index contributed by atoms with van der Waals surface area (Å²) in [6, 6.07) is 4.29. The van der Waals surface area contributed by atoms with E-state index >= 15 is 0 Å². The van der Waals surface area contributed by atoms with Gasteiger partial charge in [0.05, 0.1) is 33.9 Å². The van der Waals surface area contributed by atoms with Crippen LogP contribution in [0.3, 0.4) is 0 Å². The van der Waals surface area contributed by atoms with Crippen LogP contribution < -0.4 is 5.73 Å². The highest BCUT2D eigenvalue weighted by atomic mass is 32.2. The van der Waals surface area contributed by atoms with E-state index in [2.05, 4.69) is 0 Å². The molecule has 0 amide bonds. The Labute approximate surface area is 109 Å². The van der Waals surface area contributed by atoms with Crippen LogP contribution in [0.25, 0.3) is 0 Å². The van der Waals surface area contributed by atoms with E-state index in [9.17, 15) is 8.60 Å². The van der Waals surface area contributed by atoms with Crippen molar-refractivity contribution in [1.29, 1.82) is 0 Å². The standard InChI is InChI=1S/C13H18FNO2S/c1-13(2)6-5-9(17-13)8-18(16)10-3-4-12(15)11(14)7-10/h3-4,7,9H,5-6,8,15H2,1-2H3. The molecule has 2 atom stereocenters. The van der Waals surface area contributed by atoms with Crippen LogP contribution in [0.1, 0.15) is 26.7 Å². The summed E-state index contributed by atoms with van der Waals surface area (Å²) in [7, 11) is -1.25. The Morgan fingerprint density at radius 3 is 2.83 bits per heavy atom. The number of nitrogen functional groups attached to an aromatic ring is 1. The summed E-state index contributed by atoms with van der Waals surface area (Å²) in [5.74, 6) is -0.110. The maximum Gasteiger partial charge on any atom is 0.147 e. The molecule has 1 aromatic rings. The summed E-state index contributed by atoms with van der Waals surface area (Å²) >= 11 is 0. The first-order valence-electron chi connectivity index (χ1n) is 5.99. The smallest absolute Gasteiger partial charge is 0.147 e. The topological polar surface area (TPSA) is 52.3 Å². The number of ether oxygens (including phenoxy) is 1. The Bertz CT molecular complexity index is 476. The Hall–Kier alpha value is -0.940. The van der Waals surface area contributed by atoms with Crippen molar-refractivity contribution in [1.82, 2.24) is 0 Å². The minimum Gasteiger partial charge on any atom is -0.396 e. The Balaban J connectivity index is 2.02. The molecule has 0 aromatic heterocycles. The molecule has 2 unspecified atom stereocenters. The maximum absolute atomic E-state index is 13.3. The fourth-order valence-corrected chi connectivity index (χ4v) is 3.33. The van der Waals surface area contributed by atoms with Crippen molar-refractivity contribution >= 4 is 16.5 Å². The monoisotopic (exact) mass is 271 g/mol. The molecule has 2 rings (SSSR count). The van der Waals surface area contributed by atoms with E-state index in [1.165, 1.54) is 12.1 Å². The van der Waals surface area contributed by atoms with Crippen molar-refractivity contribution in [3.63, 3.8) is 0 Å². The average Bonchev–Trinajstić information content (AvgIpc) is 2.62. The second kappa shape index (κ2) is 4.97. The third kappa shape index (κ3) is 3.09. The number of nitrogens with two attached hydrogens (primary N) is 1. The van der Waals surface area contributed by atoms with Crippen LogP contribution in [0, 0.1) is 5.82 Å². The summed E-state index contributed by atoms with van der Waals surface area (Å²) in [5, 5.41) is 0. The molecule has 100 valence electrons. The van der Waals surface area contributed by atoms with Crippen LogP contribution in [-0.4, -0.2) is 21.7 Å². The molecule has 0 saturated carbocycles. The van der Waals surface area contributed by atoms with Crippen molar-refractivity contribution < 1.29 is 13.3 Å². The van der Waals surface area contributed by atoms with E-state index in [-0.39, 0.29) is 17.4 Å². The summed E-state index contributed by atoms with van der Waals surface area (Å²) in [6.07, 6.45) is 1.85. The number of hydrogen-bond acceptors (Lipinski definition) is 3. The van der Waals surface area contributed by atoms with Crippen LogP contribution >= 0.6 is 0 Å². The molecule has 0 radical (unpaired) electrons. The molecule has 3 nitrogen and oxygen atoms in total. The number of hydrogen-bond donors (Lipinski definition) is 1. The largest absolute Gasteiger partial charge is 0.396 e. The van der Waals surface area contributed by atoms with Crippen LogP contribution in [0.15, 0.2) is 23.1 Å². The minimum absolute atomic E-state index is 0.0125. The summed E-state index contributed by atoms with van der Waals surface area (Å²) in [6.45, 7) is 4.05. The first-order chi connectivity index (χ1) is 8.37. The van der Waals surface area contributed by atoms with E-state index < -0.39 is 16.6 Å². The van der Waals surface area contributed by atoms with Gasteiger partial charge in [0.1, 0.15) is 5.82 Å². The molecule has 1 aliphatic heterocycles. The van der Waals surface area contributed by atoms with Gasteiger partial charge in [-0.15, -0.1) is 0 Å². The van der Waals surface area contributed by atoms with Crippen LogP contribution in [0.2, 0.25) is 0 Å². The number of benzene rings is 1. The van der Waals surface area contributed by atoms with Gasteiger partial charge in [0, 0.05) is 4.90 Å². The first kappa shape index (κ1) is 13.5. The zero-order chi connectivity index (χ0) is 13.3. The lowest BCUT2D eigenvalue weighted by Gasteiger charge is -2.19. The second-order valence-corrected chi connectivity index (χ2v) is 6.73. The average molecular weight is 271 g/mol. The van der Waals surface area contributed by atoms with Gasteiger partial charge >= 0.3 is 0 Å². The summed E-state index contributed by atoms with van der Waals surface area (Å²) in [5.41, 5.74) is 5.33. The molecule has 1 aliphatic rings. The third-order valence-corrected chi connectivity index (χ3v) is 4.58. The van der Waals surface area contributed by atoms with Gasteiger partial charge in [-0.2, -0.15) is 0 Å². The van der Waals surface area contributed by atoms with Gasteiger partial charge in [-0.25, -0.2) is 4.39 Å². The van der Waals surface area contributed by atoms with Crippen LogP contribution in [-0.2, 0) is 15.5 Å². The van der Waals surface area contributed by atoms with E-state index in [4.69, 9.17) is 10.5 Å². The lowest BCUT2D eigenvalue weighted by atomic mass is 10.1. The number of rotatable bonds is 3. The molecule has 1 fully saturated rings. The molecule has 0 aliphatic carbocycles. The first-order valence-corrected chi connectivity index (χ1v) is 7.30. The van der Waals surface area contributed by atoms with Crippen LogP contribution in [0.5, 0.6) is 0 Å². The van der Waals surface area contributed by atoms with Crippen molar-refractivity contribution in [2.45, 2.75) is 43.3 Å². The zero-order valence-corrected chi connectivity index (χ0v) is 11.4. The molecule has 2 N–H and O–H groups in total.